The number of benzene rings is 2. The van der Waals surface area contributed by atoms with Crippen LogP contribution in [-0.4, -0.2) is 23.3 Å². The van der Waals surface area contributed by atoms with E-state index in [0.29, 0.717) is 17.7 Å². The van der Waals surface area contributed by atoms with Crippen LogP contribution >= 0.6 is 0 Å². The summed E-state index contributed by atoms with van der Waals surface area (Å²) in [5.41, 5.74) is 0.946. The van der Waals surface area contributed by atoms with Crippen LogP contribution in [0.1, 0.15) is 45.2 Å². The third-order valence-electron chi connectivity index (χ3n) is 3.49. The highest BCUT2D eigenvalue weighted by molar-refractivity contribution is 6.29. The van der Waals surface area contributed by atoms with E-state index in [1.54, 1.807) is 24.3 Å². The minimum Gasteiger partial charge on any atom is -0.504 e. The summed E-state index contributed by atoms with van der Waals surface area (Å²) in [6.07, 6.45) is 0.784. The van der Waals surface area contributed by atoms with Gasteiger partial charge in [0.15, 0.2) is 23.1 Å². The molecule has 0 radical (unpaired) electrons. The van der Waals surface area contributed by atoms with Crippen molar-refractivity contribution in [1.29, 1.82) is 0 Å². The molecule has 0 aliphatic heterocycles. The van der Waals surface area contributed by atoms with Gasteiger partial charge >= 0.3 is 0 Å². The van der Waals surface area contributed by atoms with Crippen LogP contribution in [0, 0.1) is 0 Å². The Morgan fingerprint density at radius 1 is 0.952 bits per heavy atom. The van der Waals surface area contributed by atoms with E-state index >= 15 is 0 Å². The lowest BCUT2D eigenvalue weighted by Crippen LogP contribution is -2.21. The fraction of sp³-hybridized carbons (Fsp3) is 0.176. The van der Waals surface area contributed by atoms with Crippen LogP contribution in [0.2, 0.25) is 0 Å². The van der Waals surface area contributed by atoms with Crippen LogP contribution in [0.25, 0.3) is 0 Å². The molecular formula is C17H14O4. The molecule has 1 aliphatic rings. The Labute approximate surface area is 122 Å². The smallest absolute Gasteiger partial charge is 0.198 e. The number of ether oxygens (including phenoxy) is 1. The van der Waals surface area contributed by atoms with Crippen LogP contribution in [0.4, 0.5) is 0 Å². The van der Waals surface area contributed by atoms with Crippen LogP contribution in [0.3, 0.4) is 0 Å². The Morgan fingerprint density at radius 3 is 2.29 bits per heavy atom. The summed E-state index contributed by atoms with van der Waals surface area (Å²) in [6, 6.07) is 9.70. The molecule has 2 aromatic carbocycles. The summed E-state index contributed by atoms with van der Waals surface area (Å²) in [6.45, 7) is 2.38. The number of aromatic hydroxyl groups is 1. The average Bonchev–Trinajstić information content (AvgIpc) is 2.51. The van der Waals surface area contributed by atoms with Crippen LogP contribution < -0.4 is 4.74 Å². The first-order chi connectivity index (χ1) is 10.1. The van der Waals surface area contributed by atoms with Crippen LogP contribution in [-0.2, 0) is 0 Å². The molecule has 0 spiro atoms. The molecule has 0 atom stereocenters. The molecule has 0 heterocycles. The predicted molar refractivity (Wildman–Crippen MR) is 77.2 cm³/mol. The molecule has 0 unspecified atom stereocenters. The van der Waals surface area contributed by atoms with Gasteiger partial charge in [-0.25, -0.2) is 0 Å². The molecule has 106 valence electrons. The molecule has 4 heteroatoms. The maximum absolute atomic E-state index is 12.5. The fourth-order valence-corrected chi connectivity index (χ4v) is 2.48. The maximum atomic E-state index is 12.5. The first-order valence-corrected chi connectivity index (χ1v) is 6.82. The Morgan fingerprint density at radius 2 is 1.62 bits per heavy atom. The summed E-state index contributed by atoms with van der Waals surface area (Å²) < 4.78 is 5.41. The molecule has 21 heavy (non-hydrogen) atoms. The minimum atomic E-state index is -0.348. The molecule has 1 aliphatic carbocycles. The van der Waals surface area contributed by atoms with Crippen molar-refractivity contribution in [3.8, 4) is 11.5 Å². The summed E-state index contributed by atoms with van der Waals surface area (Å²) in [7, 11) is 0. The van der Waals surface area contributed by atoms with Crippen molar-refractivity contribution >= 4 is 11.6 Å². The lowest BCUT2D eigenvalue weighted by atomic mass is 9.83. The molecule has 0 amide bonds. The highest BCUT2D eigenvalue weighted by atomic mass is 16.5. The SMILES string of the molecule is CCCOc1ccc2c(c1O)C(=O)c1ccccc1C2=O. The Balaban J connectivity index is 2.17. The number of carbonyl (C=O) groups is 2. The standard InChI is InChI=1S/C17H14O4/c1-2-9-21-13-8-7-12-14(17(13)20)16(19)11-6-4-3-5-10(11)15(12)18/h3-8,20H,2,9H2,1H3. The zero-order valence-electron chi connectivity index (χ0n) is 11.6. The van der Waals surface area contributed by atoms with E-state index in [0.717, 1.165) is 6.42 Å². The van der Waals surface area contributed by atoms with Crippen molar-refractivity contribution in [2.24, 2.45) is 0 Å². The van der Waals surface area contributed by atoms with Gasteiger partial charge in [-0.2, -0.15) is 0 Å². The van der Waals surface area contributed by atoms with E-state index in [4.69, 9.17) is 4.74 Å². The van der Waals surface area contributed by atoms with Crippen molar-refractivity contribution < 1.29 is 19.4 Å². The summed E-state index contributed by atoms with van der Waals surface area (Å²) >= 11 is 0. The number of hydrogen-bond acceptors (Lipinski definition) is 4. The van der Waals surface area contributed by atoms with Gasteiger partial charge in [0.1, 0.15) is 0 Å². The van der Waals surface area contributed by atoms with Crippen molar-refractivity contribution in [2.45, 2.75) is 13.3 Å². The fourth-order valence-electron chi connectivity index (χ4n) is 2.48. The Hall–Kier alpha value is -2.62. The van der Waals surface area contributed by atoms with Crippen molar-refractivity contribution in [1.82, 2.24) is 0 Å². The number of phenols is 1. The summed E-state index contributed by atoms with van der Waals surface area (Å²) in [5, 5.41) is 10.3. The number of hydrogen-bond donors (Lipinski definition) is 1. The Bertz CT molecular complexity index is 746. The van der Waals surface area contributed by atoms with Crippen LogP contribution in [0.5, 0.6) is 11.5 Å². The Kier molecular flexibility index (Phi) is 3.22. The molecule has 0 aromatic heterocycles. The van der Waals surface area contributed by atoms with Crippen molar-refractivity contribution in [3.63, 3.8) is 0 Å². The molecule has 3 rings (SSSR count). The van der Waals surface area contributed by atoms with Gasteiger partial charge in [0, 0.05) is 16.7 Å². The van der Waals surface area contributed by atoms with E-state index < -0.39 is 0 Å². The van der Waals surface area contributed by atoms with E-state index in [1.807, 2.05) is 6.92 Å². The minimum absolute atomic E-state index is 0.0345. The van der Waals surface area contributed by atoms with Gasteiger partial charge in [-0.3, -0.25) is 9.59 Å². The number of phenolic OH excluding ortho intramolecular Hbond substituents is 1. The van der Waals surface area contributed by atoms with Gasteiger partial charge in [-0.15, -0.1) is 0 Å². The van der Waals surface area contributed by atoms with E-state index in [2.05, 4.69) is 0 Å². The second-order valence-electron chi connectivity index (χ2n) is 4.89. The van der Waals surface area contributed by atoms with Gasteiger partial charge in [0.2, 0.25) is 0 Å². The van der Waals surface area contributed by atoms with Crippen molar-refractivity contribution in [2.75, 3.05) is 6.61 Å². The zero-order valence-corrected chi connectivity index (χ0v) is 11.6. The first kappa shape index (κ1) is 13.4. The largest absolute Gasteiger partial charge is 0.504 e. The zero-order chi connectivity index (χ0) is 15.0. The van der Waals surface area contributed by atoms with Gasteiger partial charge in [0.25, 0.3) is 0 Å². The lowest BCUT2D eigenvalue weighted by Gasteiger charge is -2.19. The average molecular weight is 282 g/mol. The molecule has 2 aromatic rings. The molecule has 1 N–H and O–H groups in total. The quantitative estimate of drug-likeness (QED) is 0.802. The van der Waals surface area contributed by atoms with E-state index in [9.17, 15) is 14.7 Å². The molecule has 0 saturated heterocycles. The number of rotatable bonds is 3. The second-order valence-corrected chi connectivity index (χ2v) is 4.89. The van der Waals surface area contributed by atoms with E-state index in [1.165, 1.54) is 12.1 Å². The third-order valence-corrected chi connectivity index (χ3v) is 3.49. The third kappa shape index (κ3) is 2.00. The number of ketones is 2. The summed E-state index contributed by atoms with van der Waals surface area (Å²) in [4.78, 5) is 25.0. The number of carbonyl (C=O) groups excluding carboxylic acids is 2. The molecular weight excluding hydrogens is 268 g/mol. The summed E-state index contributed by atoms with van der Waals surface area (Å²) in [5.74, 6) is -0.623. The first-order valence-electron chi connectivity index (χ1n) is 6.82. The van der Waals surface area contributed by atoms with Crippen LogP contribution in [0.15, 0.2) is 36.4 Å². The second kappa shape index (κ2) is 5.05. The lowest BCUT2D eigenvalue weighted by molar-refractivity contribution is 0.0976. The number of fused-ring (bicyclic) bond motifs is 2. The monoisotopic (exact) mass is 282 g/mol. The molecule has 0 bridgehead atoms. The maximum Gasteiger partial charge on any atom is 0.198 e. The van der Waals surface area contributed by atoms with E-state index in [-0.39, 0.29) is 34.2 Å². The normalized spacial score (nSPS) is 12.8. The van der Waals surface area contributed by atoms with Crippen molar-refractivity contribution in [3.05, 3.63) is 58.7 Å². The van der Waals surface area contributed by atoms with Gasteiger partial charge in [0.05, 0.1) is 12.2 Å². The molecule has 4 nitrogen and oxygen atoms in total. The predicted octanol–water partition coefficient (Wildman–Crippen LogP) is 2.96. The van der Waals surface area contributed by atoms with Gasteiger partial charge in [-0.05, 0) is 18.6 Å². The van der Waals surface area contributed by atoms with Gasteiger partial charge < -0.3 is 9.84 Å². The molecule has 0 fully saturated rings. The van der Waals surface area contributed by atoms with Gasteiger partial charge in [-0.1, -0.05) is 31.2 Å². The topological polar surface area (TPSA) is 63.6 Å². The highest BCUT2D eigenvalue weighted by Crippen LogP contribution is 2.38. The highest BCUT2D eigenvalue weighted by Gasteiger charge is 2.32. The molecule has 0 saturated carbocycles.